The summed E-state index contributed by atoms with van der Waals surface area (Å²) in [5.41, 5.74) is 2.70. The molecule has 132 valence electrons. The highest BCUT2D eigenvalue weighted by atomic mass is 35.5. The molecule has 2 N–H and O–H groups in total. The monoisotopic (exact) mass is 369 g/mol. The van der Waals surface area contributed by atoms with Crippen LogP contribution in [-0.2, 0) is 0 Å². The summed E-state index contributed by atoms with van der Waals surface area (Å²) in [5, 5.41) is 15.0. The lowest BCUT2D eigenvalue weighted by molar-refractivity contribution is 0.171. The Bertz CT molecular complexity index is 951. The lowest BCUT2D eigenvalue weighted by Gasteiger charge is -2.19. The Morgan fingerprint density at radius 2 is 1.85 bits per heavy atom. The van der Waals surface area contributed by atoms with Gasteiger partial charge in [-0.2, -0.15) is 10.1 Å². The van der Waals surface area contributed by atoms with Crippen LogP contribution in [0.25, 0.3) is 0 Å². The third kappa shape index (κ3) is 3.62. The topological polar surface area (TPSA) is 81.2 Å². The molecule has 8 heteroatoms. The molecule has 2 aromatic carbocycles. The van der Waals surface area contributed by atoms with Crippen LogP contribution in [0.3, 0.4) is 0 Å². The Morgan fingerprint density at radius 3 is 2.69 bits per heavy atom. The summed E-state index contributed by atoms with van der Waals surface area (Å²) in [6.07, 6.45) is 1.56. The summed E-state index contributed by atoms with van der Waals surface area (Å²) in [4.78, 5) is 4.44. The minimum absolute atomic E-state index is 0.373. The summed E-state index contributed by atoms with van der Waals surface area (Å²) in [5.74, 6) is 2.37. The van der Waals surface area contributed by atoms with Crippen molar-refractivity contribution in [1.29, 1.82) is 0 Å². The zero-order chi connectivity index (χ0) is 17.9. The van der Waals surface area contributed by atoms with Crippen LogP contribution in [0.15, 0.2) is 42.6 Å². The van der Waals surface area contributed by atoms with Crippen LogP contribution >= 0.6 is 11.6 Å². The fourth-order valence-electron chi connectivity index (χ4n) is 2.57. The van der Waals surface area contributed by atoms with Crippen molar-refractivity contribution in [3.8, 4) is 11.5 Å². The van der Waals surface area contributed by atoms with Gasteiger partial charge in [-0.15, -0.1) is 5.10 Å². The minimum Gasteiger partial charge on any atom is -0.486 e. The van der Waals surface area contributed by atoms with Crippen molar-refractivity contribution in [2.24, 2.45) is 0 Å². The van der Waals surface area contributed by atoms with Gasteiger partial charge in [-0.05, 0) is 42.8 Å². The molecule has 0 unspecified atom stereocenters. The van der Waals surface area contributed by atoms with Crippen molar-refractivity contribution in [1.82, 2.24) is 15.2 Å². The molecule has 0 spiro atoms. The van der Waals surface area contributed by atoms with Crippen molar-refractivity contribution in [3.05, 3.63) is 53.2 Å². The molecule has 3 aromatic rings. The largest absolute Gasteiger partial charge is 0.486 e. The molecule has 1 aliphatic rings. The van der Waals surface area contributed by atoms with E-state index >= 15 is 0 Å². The van der Waals surface area contributed by atoms with Gasteiger partial charge < -0.3 is 20.1 Å². The smallest absolute Gasteiger partial charge is 0.249 e. The van der Waals surface area contributed by atoms with E-state index in [1.54, 1.807) is 6.20 Å². The number of fused-ring (bicyclic) bond motifs is 1. The zero-order valence-electron chi connectivity index (χ0n) is 14.0. The number of rotatable bonds is 4. The molecule has 0 fully saturated rings. The van der Waals surface area contributed by atoms with E-state index in [-0.39, 0.29) is 0 Å². The average Bonchev–Trinajstić information content (AvgIpc) is 2.64. The van der Waals surface area contributed by atoms with Crippen LogP contribution in [0.5, 0.6) is 11.5 Å². The first-order valence-electron chi connectivity index (χ1n) is 8.07. The van der Waals surface area contributed by atoms with Gasteiger partial charge >= 0.3 is 0 Å². The van der Waals surface area contributed by atoms with Gasteiger partial charge in [-0.3, -0.25) is 0 Å². The molecule has 7 nitrogen and oxygen atoms in total. The molecule has 0 amide bonds. The summed E-state index contributed by atoms with van der Waals surface area (Å²) in [6.45, 7) is 3.07. The van der Waals surface area contributed by atoms with Crippen molar-refractivity contribution < 1.29 is 9.47 Å². The van der Waals surface area contributed by atoms with E-state index in [2.05, 4.69) is 25.8 Å². The minimum atomic E-state index is 0.373. The molecule has 0 bridgehead atoms. The maximum Gasteiger partial charge on any atom is 0.249 e. The first kappa shape index (κ1) is 16.4. The average molecular weight is 370 g/mol. The Morgan fingerprint density at radius 1 is 1.00 bits per heavy atom. The SMILES string of the molecule is Cc1cc(Cl)ccc1Nc1cnnc(Nc2ccc3c(c2)OCCO3)n1. The normalized spacial score (nSPS) is 12.5. The standard InChI is InChI=1S/C18H16ClN5O2/c1-11-8-12(19)2-4-14(11)22-17-10-20-24-18(23-17)21-13-3-5-15-16(9-13)26-7-6-25-15/h2-5,8-10H,6-7H2,1H3,(H2,21,22,23,24). The number of anilines is 4. The van der Waals surface area contributed by atoms with Gasteiger partial charge in [-0.1, -0.05) is 11.6 Å². The lowest BCUT2D eigenvalue weighted by atomic mass is 10.2. The maximum absolute atomic E-state index is 5.99. The van der Waals surface area contributed by atoms with E-state index in [1.165, 1.54) is 0 Å². The Balaban J connectivity index is 1.52. The lowest BCUT2D eigenvalue weighted by Crippen LogP contribution is -2.15. The highest BCUT2D eigenvalue weighted by molar-refractivity contribution is 6.30. The van der Waals surface area contributed by atoms with Crippen molar-refractivity contribution >= 4 is 34.7 Å². The molecule has 0 saturated carbocycles. The van der Waals surface area contributed by atoms with Crippen LogP contribution in [0.2, 0.25) is 5.02 Å². The number of nitrogens with one attached hydrogen (secondary N) is 2. The zero-order valence-corrected chi connectivity index (χ0v) is 14.7. The molecular formula is C18H16ClN5O2. The maximum atomic E-state index is 5.99. The number of nitrogens with zero attached hydrogens (tertiary/aromatic N) is 3. The predicted octanol–water partition coefficient (Wildman–Crippen LogP) is 4.09. The summed E-state index contributed by atoms with van der Waals surface area (Å²) >= 11 is 5.99. The van der Waals surface area contributed by atoms with Crippen LogP contribution < -0.4 is 20.1 Å². The van der Waals surface area contributed by atoms with Crippen LogP contribution in [-0.4, -0.2) is 28.4 Å². The van der Waals surface area contributed by atoms with Crippen molar-refractivity contribution in [3.63, 3.8) is 0 Å². The summed E-state index contributed by atoms with van der Waals surface area (Å²) in [6, 6.07) is 11.2. The second-order valence-corrected chi connectivity index (χ2v) is 6.17. The molecule has 1 aliphatic heterocycles. The fourth-order valence-corrected chi connectivity index (χ4v) is 2.80. The molecule has 26 heavy (non-hydrogen) atoms. The molecule has 0 saturated heterocycles. The van der Waals surface area contributed by atoms with Crippen molar-refractivity contribution in [2.45, 2.75) is 6.92 Å². The summed E-state index contributed by atoms with van der Waals surface area (Å²) in [7, 11) is 0. The number of hydrogen-bond acceptors (Lipinski definition) is 7. The molecule has 0 radical (unpaired) electrons. The molecule has 4 rings (SSSR count). The first-order chi connectivity index (χ1) is 12.7. The quantitative estimate of drug-likeness (QED) is 0.716. The molecular weight excluding hydrogens is 354 g/mol. The van der Waals surface area contributed by atoms with Gasteiger partial charge in [0.2, 0.25) is 5.95 Å². The third-order valence-corrected chi connectivity index (χ3v) is 4.04. The van der Waals surface area contributed by atoms with Gasteiger partial charge in [0.05, 0.1) is 6.20 Å². The first-order valence-corrected chi connectivity index (χ1v) is 8.45. The molecule has 0 aliphatic carbocycles. The van der Waals surface area contributed by atoms with Gasteiger partial charge in [0, 0.05) is 22.5 Å². The third-order valence-electron chi connectivity index (χ3n) is 3.81. The van der Waals surface area contributed by atoms with E-state index in [0.717, 1.165) is 22.7 Å². The number of aryl methyl sites for hydroxylation is 1. The summed E-state index contributed by atoms with van der Waals surface area (Å²) < 4.78 is 11.1. The Kier molecular flexibility index (Phi) is 4.45. The predicted molar refractivity (Wildman–Crippen MR) is 100 cm³/mol. The van der Waals surface area contributed by atoms with Crippen LogP contribution in [0, 0.1) is 6.92 Å². The van der Waals surface area contributed by atoms with E-state index in [1.807, 2.05) is 43.3 Å². The Labute approximate surface area is 155 Å². The molecule has 2 heterocycles. The van der Waals surface area contributed by atoms with E-state index in [4.69, 9.17) is 21.1 Å². The van der Waals surface area contributed by atoms with Gasteiger partial charge in [0.25, 0.3) is 0 Å². The molecule has 1 aromatic heterocycles. The Hall–Kier alpha value is -3.06. The second kappa shape index (κ2) is 7.05. The van der Waals surface area contributed by atoms with Gasteiger partial charge in [-0.25, -0.2) is 0 Å². The number of hydrogen-bond donors (Lipinski definition) is 2. The number of aromatic nitrogens is 3. The second-order valence-electron chi connectivity index (χ2n) is 5.73. The van der Waals surface area contributed by atoms with Crippen LogP contribution in [0.1, 0.15) is 5.56 Å². The number of benzene rings is 2. The van der Waals surface area contributed by atoms with E-state index in [0.29, 0.717) is 35.8 Å². The van der Waals surface area contributed by atoms with Gasteiger partial charge in [0.15, 0.2) is 17.3 Å². The van der Waals surface area contributed by atoms with E-state index in [9.17, 15) is 0 Å². The molecule has 0 atom stereocenters. The van der Waals surface area contributed by atoms with Crippen molar-refractivity contribution in [2.75, 3.05) is 23.8 Å². The van der Waals surface area contributed by atoms with Gasteiger partial charge in [0.1, 0.15) is 13.2 Å². The van der Waals surface area contributed by atoms with E-state index < -0.39 is 0 Å². The highest BCUT2D eigenvalue weighted by Gasteiger charge is 2.12. The van der Waals surface area contributed by atoms with Crippen LogP contribution in [0.4, 0.5) is 23.1 Å². The number of ether oxygens (including phenoxy) is 2. The fraction of sp³-hybridized carbons (Fsp3) is 0.167. The number of halogens is 1. The highest BCUT2D eigenvalue weighted by Crippen LogP contribution is 2.33.